The molecule has 1 atom stereocenters. The Balaban J connectivity index is 2.97. The van der Waals surface area contributed by atoms with Gasteiger partial charge >= 0.3 is 6.18 Å². The van der Waals surface area contributed by atoms with Crippen LogP contribution in [0.4, 0.5) is 17.6 Å². The molecule has 0 aliphatic carbocycles. The van der Waals surface area contributed by atoms with Gasteiger partial charge in [0.15, 0.2) is 0 Å². The van der Waals surface area contributed by atoms with Crippen LogP contribution >= 0.6 is 0 Å². The minimum Gasteiger partial charge on any atom is -0.496 e. The Hall–Kier alpha value is -1.30. The molecule has 0 aliphatic rings. The fraction of sp³-hybridized carbons (Fsp3) is 0.400. The van der Waals surface area contributed by atoms with E-state index >= 15 is 0 Å². The Kier molecular flexibility index (Phi) is 3.74. The van der Waals surface area contributed by atoms with Crippen molar-refractivity contribution in [3.05, 3.63) is 29.6 Å². The van der Waals surface area contributed by atoms with Gasteiger partial charge in [0.2, 0.25) is 0 Å². The molecule has 0 saturated carbocycles. The highest BCUT2D eigenvalue weighted by Gasteiger charge is 2.32. The molecule has 0 amide bonds. The highest BCUT2D eigenvalue weighted by atomic mass is 19.4. The summed E-state index contributed by atoms with van der Waals surface area (Å²) in [6.07, 6.45) is -5.61. The van der Waals surface area contributed by atoms with E-state index in [4.69, 9.17) is 10.5 Å². The topological polar surface area (TPSA) is 35.2 Å². The van der Waals surface area contributed by atoms with Crippen LogP contribution in [0, 0.1) is 5.82 Å². The zero-order valence-corrected chi connectivity index (χ0v) is 8.51. The molecule has 0 fully saturated rings. The van der Waals surface area contributed by atoms with Crippen LogP contribution in [0.5, 0.6) is 5.75 Å². The molecule has 0 aliphatic heterocycles. The fourth-order valence-corrected chi connectivity index (χ4v) is 1.35. The highest BCUT2D eigenvalue weighted by Crippen LogP contribution is 2.32. The molecular weight excluding hydrogens is 226 g/mol. The first-order chi connectivity index (χ1) is 7.33. The van der Waals surface area contributed by atoms with E-state index in [0.717, 1.165) is 12.1 Å². The number of alkyl halides is 3. The van der Waals surface area contributed by atoms with Crippen LogP contribution in [-0.4, -0.2) is 13.3 Å². The third-order valence-corrected chi connectivity index (χ3v) is 2.04. The molecule has 6 heteroatoms. The molecule has 1 aromatic carbocycles. The Labute approximate surface area is 90.0 Å². The minimum absolute atomic E-state index is 0.0137. The van der Waals surface area contributed by atoms with E-state index in [1.807, 2.05) is 0 Å². The summed E-state index contributed by atoms with van der Waals surface area (Å²) in [5.41, 5.74) is 5.37. The molecule has 1 aromatic rings. The number of ether oxygens (including phenoxy) is 1. The van der Waals surface area contributed by atoms with E-state index in [0.29, 0.717) is 0 Å². The van der Waals surface area contributed by atoms with Gasteiger partial charge in [-0.3, -0.25) is 0 Å². The van der Waals surface area contributed by atoms with Crippen LogP contribution in [-0.2, 0) is 0 Å². The number of hydrogen-bond donors (Lipinski definition) is 1. The van der Waals surface area contributed by atoms with E-state index in [9.17, 15) is 17.6 Å². The van der Waals surface area contributed by atoms with Gasteiger partial charge in [-0.1, -0.05) is 0 Å². The summed E-state index contributed by atoms with van der Waals surface area (Å²) in [5.74, 6) is -0.494. The Bertz CT molecular complexity index is 364. The first-order valence-electron chi connectivity index (χ1n) is 4.49. The second-order valence-corrected chi connectivity index (χ2v) is 3.31. The summed E-state index contributed by atoms with van der Waals surface area (Å²) < 4.78 is 54.0. The lowest BCUT2D eigenvalue weighted by atomic mass is 10.0. The number of benzene rings is 1. The molecule has 90 valence electrons. The van der Waals surface area contributed by atoms with E-state index in [1.165, 1.54) is 13.2 Å². The van der Waals surface area contributed by atoms with Crippen LogP contribution in [0.3, 0.4) is 0 Å². The van der Waals surface area contributed by atoms with E-state index in [-0.39, 0.29) is 11.3 Å². The van der Waals surface area contributed by atoms with Crippen molar-refractivity contribution in [2.24, 2.45) is 5.73 Å². The molecule has 2 nitrogen and oxygen atoms in total. The van der Waals surface area contributed by atoms with Crippen LogP contribution in [0.25, 0.3) is 0 Å². The number of methoxy groups -OCH3 is 1. The van der Waals surface area contributed by atoms with Gasteiger partial charge in [0, 0.05) is 11.6 Å². The van der Waals surface area contributed by atoms with Crippen molar-refractivity contribution in [2.75, 3.05) is 7.11 Å². The zero-order chi connectivity index (χ0) is 12.3. The molecular formula is C10H11F4NO. The van der Waals surface area contributed by atoms with E-state index < -0.39 is 24.5 Å². The monoisotopic (exact) mass is 237 g/mol. The van der Waals surface area contributed by atoms with Gasteiger partial charge in [-0.25, -0.2) is 4.39 Å². The second kappa shape index (κ2) is 4.69. The van der Waals surface area contributed by atoms with Crippen molar-refractivity contribution >= 4 is 0 Å². The van der Waals surface area contributed by atoms with Gasteiger partial charge in [-0.2, -0.15) is 13.2 Å². The van der Waals surface area contributed by atoms with Crippen LogP contribution in [0.1, 0.15) is 18.0 Å². The molecule has 16 heavy (non-hydrogen) atoms. The Morgan fingerprint density at radius 2 is 2.00 bits per heavy atom. The zero-order valence-electron chi connectivity index (χ0n) is 8.51. The third-order valence-electron chi connectivity index (χ3n) is 2.04. The largest absolute Gasteiger partial charge is 0.496 e. The van der Waals surface area contributed by atoms with Crippen molar-refractivity contribution in [1.82, 2.24) is 0 Å². The van der Waals surface area contributed by atoms with Gasteiger partial charge in [-0.15, -0.1) is 0 Å². The summed E-state index contributed by atoms with van der Waals surface area (Å²) in [5, 5.41) is 0. The van der Waals surface area contributed by atoms with Crippen molar-refractivity contribution in [2.45, 2.75) is 18.6 Å². The van der Waals surface area contributed by atoms with Gasteiger partial charge in [-0.05, 0) is 18.2 Å². The summed E-state index contributed by atoms with van der Waals surface area (Å²) >= 11 is 0. The molecule has 0 spiro atoms. The predicted molar refractivity (Wildman–Crippen MR) is 50.6 cm³/mol. The minimum atomic E-state index is -4.39. The van der Waals surface area contributed by atoms with Crippen molar-refractivity contribution in [3.8, 4) is 5.75 Å². The molecule has 0 unspecified atom stereocenters. The average Bonchev–Trinajstić information content (AvgIpc) is 2.15. The van der Waals surface area contributed by atoms with Gasteiger partial charge < -0.3 is 10.5 Å². The second-order valence-electron chi connectivity index (χ2n) is 3.31. The molecule has 1 rings (SSSR count). The molecule has 2 N–H and O–H groups in total. The fourth-order valence-electron chi connectivity index (χ4n) is 1.35. The summed E-state index contributed by atoms with van der Waals surface area (Å²) in [6.45, 7) is 0. The standard InChI is InChI=1S/C10H11F4NO/c1-16-9-3-2-6(11)4-7(9)8(15)5-10(12,13)14/h2-4,8H,5,15H2,1H3/t8-/m1/s1. The first kappa shape index (κ1) is 12.8. The molecule has 0 bridgehead atoms. The van der Waals surface area contributed by atoms with Gasteiger partial charge in [0.25, 0.3) is 0 Å². The third kappa shape index (κ3) is 3.37. The first-order valence-corrected chi connectivity index (χ1v) is 4.49. The van der Waals surface area contributed by atoms with Crippen molar-refractivity contribution in [3.63, 3.8) is 0 Å². The Morgan fingerprint density at radius 1 is 1.38 bits per heavy atom. The maximum atomic E-state index is 12.9. The smallest absolute Gasteiger partial charge is 0.390 e. The normalized spacial score (nSPS) is 13.6. The van der Waals surface area contributed by atoms with Crippen molar-refractivity contribution < 1.29 is 22.3 Å². The number of hydrogen-bond acceptors (Lipinski definition) is 2. The maximum absolute atomic E-state index is 12.9. The van der Waals surface area contributed by atoms with Crippen molar-refractivity contribution in [1.29, 1.82) is 0 Å². The lowest BCUT2D eigenvalue weighted by Crippen LogP contribution is -2.20. The van der Waals surface area contributed by atoms with Crippen LogP contribution in [0.15, 0.2) is 18.2 Å². The predicted octanol–water partition coefficient (Wildman–Crippen LogP) is 2.79. The van der Waals surface area contributed by atoms with Crippen LogP contribution in [0.2, 0.25) is 0 Å². The van der Waals surface area contributed by atoms with Crippen LogP contribution < -0.4 is 10.5 Å². The van der Waals surface area contributed by atoms with E-state index in [2.05, 4.69) is 0 Å². The lowest BCUT2D eigenvalue weighted by Gasteiger charge is -2.17. The van der Waals surface area contributed by atoms with E-state index in [1.54, 1.807) is 0 Å². The highest BCUT2D eigenvalue weighted by molar-refractivity contribution is 5.36. The molecule has 0 heterocycles. The number of rotatable bonds is 3. The number of halogens is 4. The van der Waals surface area contributed by atoms with Gasteiger partial charge in [0.1, 0.15) is 11.6 Å². The Morgan fingerprint density at radius 3 is 2.50 bits per heavy atom. The summed E-state index contributed by atoms with van der Waals surface area (Å²) in [6, 6.07) is 1.98. The average molecular weight is 237 g/mol. The van der Waals surface area contributed by atoms with Gasteiger partial charge in [0.05, 0.1) is 13.5 Å². The summed E-state index contributed by atoms with van der Waals surface area (Å²) in [7, 11) is 1.29. The molecule has 0 saturated heterocycles. The summed E-state index contributed by atoms with van der Waals surface area (Å²) in [4.78, 5) is 0. The molecule has 0 aromatic heterocycles. The number of nitrogens with two attached hydrogens (primary N) is 1. The lowest BCUT2D eigenvalue weighted by molar-refractivity contribution is -0.138. The SMILES string of the molecule is COc1ccc(F)cc1[C@H](N)CC(F)(F)F. The molecule has 0 radical (unpaired) electrons. The maximum Gasteiger partial charge on any atom is 0.390 e. The quantitative estimate of drug-likeness (QED) is 0.820.